The van der Waals surface area contributed by atoms with Crippen LogP contribution in [0, 0.1) is 0 Å². The lowest BCUT2D eigenvalue weighted by atomic mass is 10.4. The van der Waals surface area contributed by atoms with Crippen molar-refractivity contribution in [1.29, 1.82) is 0 Å². The summed E-state index contributed by atoms with van der Waals surface area (Å²) < 4.78 is 25.4. The Labute approximate surface area is 108 Å². The fourth-order valence-electron chi connectivity index (χ4n) is 1.24. The molecule has 0 aliphatic rings. The van der Waals surface area contributed by atoms with Gasteiger partial charge in [0.05, 0.1) is 4.90 Å². The molecule has 1 aromatic heterocycles. The van der Waals surface area contributed by atoms with Gasteiger partial charge in [0.1, 0.15) is 0 Å². The summed E-state index contributed by atoms with van der Waals surface area (Å²) in [7, 11) is -1.69. The van der Waals surface area contributed by atoms with Gasteiger partial charge < -0.3 is 5.32 Å². The van der Waals surface area contributed by atoms with Gasteiger partial charge in [0, 0.05) is 36.4 Å². The summed E-state index contributed by atoms with van der Waals surface area (Å²) in [6.45, 7) is 7.16. The summed E-state index contributed by atoms with van der Waals surface area (Å²) in [5.41, 5.74) is 0. The van der Waals surface area contributed by atoms with E-state index in [-0.39, 0.29) is 0 Å². The van der Waals surface area contributed by atoms with E-state index in [9.17, 15) is 8.42 Å². The molecule has 0 spiro atoms. The first-order valence-electron chi connectivity index (χ1n) is 5.65. The fourth-order valence-corrected chi connectivity index (χ4v) is 3.64. The lowest BCUT2D eigenvalue weighted by Crippen LogP contribution is -2.26. The molecular formula is C11H20N2O2S2. The summed E-state index contributed by atoms with van der Waals surface area (Å²) in [6, 6.07) is 2.15. The van der Waals surface area contributed by atoms with E-state index in [0.717, 1.165) is 4.88 Å². The van der Waals surface area contributed by atoms with Gasteiger partial charge in [-0.3, -0.25) is 0 Å². The van der Waals surface area contributed by atoms with Crippen LogP contribution in [0.4, 0.5) is 0 Å². The van der Waals surface area contributed by atoms with Gasteiger partial charge in [0.2, 0.25) is 10.0 Å². The molecule has 0 aromatic carbocycles. The van der Waals surface area contributed by atoms with Gasteiger partial charge in [-0.25, -0.2) is 12.7 Å². The standard InChI is InChI=1S/C11H20N2O2S2/c1-5-13(4)17(14,15)11-6-10(16-8-11)7-12-9(2)3/h6,8-9,12H,5,7H2,1-4H3. The van der Waals surface area contributed by atoms with Crippen molar-refractivity contribution in [2.45, 2.75) is 38.3 Å². The zero-order valence-electron chi connectivity index (χ0n) is 10.7. The van der Waals surface area contributed by atoms with Crippen LogP contribution in [0.3, 0.4) is 0 Å². The predicted octanol–water partition coefficient (Wildman–Crippen LogP) is 1.89. The highest BCUT2D eigenvalue weighted by molar-refractivity contribution is 7.89. The Hall–Kier alpha value is -0.430. The smallest absolute Gasteiger partial charge is 0.243 e. The van der Waals surface area contributed by atoms with E-state index < -0.39 is 10.0 Å². The van der Waals surface area contributed by atoms with E-state index in [1.54, 1.807) is 18.5 Å². The molecule has 0 saturated heterocycles. The van der Waals surface area contributed by atoms with E-state index in [2.05, 4.69) is 19.2 Å². The molecule has 17 heavy (non-hydrogen) atoms. The van der Waals surface area contributed by atoms with Crippen LogP contribution in [0.25, 0.3) is 0 Å². The maximum Gasteiger partial charge on any atom is 0.243 e. The van der Waals surface area contributed by atoms with E-state index in [1.165, 1.54) is 15.6 Å². The molecule has 0 aliphatic heterocycles. The number of hydrogen-bond donors (Lipinski definition) is 1. The number of nitrogens with one attached hydrogen (secondary N) is 1. The normalized spacial score (nSPS) is 12.6. The van der Waals surface area contributed by atoms with Gasteiger partial charge in [-0.15, -0.1) is 11.3 Å². The molecule has 1 aromatic rings. The minimum atomic E-state index is -3.29. The quantitative estimate of drug-likeness (QED) is 0.863. The van der Waals surface area contributed by atoms with Crippen molar-refractivity contribution in [2.24, 2.45) is 0 Å². The van der Waals surface area contributed by atoms with Crippen LogP contribution in [0.5, 0.6) is 0 Å². The van der Waals surface area contributed by atoms with Crippen molar-refractivity contribution in [3.05, 3.63) is 16.3 Å². The Kier molecular flexibility index (Phi) is 5.12. The Morgan fingerprint density at radius 3 is 2.65 bits per heavy atom. The van der Waals surface area contributed by atoms with Gasteiger partial charge in [0.25, 0.3) is 0 Å². The maximum atomic E-state index is 12.0. The highest BCUT2D eigenvalue weighted by Crippen LogP contribution is 2.21. The molecule has 1 N–H and O–H groups in total. The van der Waals surface area contributed by atoms with Crippen LogP contribution < -0.4 is 5.32 Å². The topological polar surface area (TPSA) is 49.4 Å². The largest absolute Gasteiger partial charge is 0.310 e. The number of hydrogen-bond acceptors (Lipinski definition) is 4. The highest BCUT2D eigenvalue weighted by Gasteiger charge is 2.20. The molecule has 0 fully saturated rings. The number of thiophene rings is 1. The van der Waals surface area contributed by atoms with Crippen molar-refractivity contribution < 1.29 is 8.42 Å². The van der Waals surface area contributed by atoms with Crippen molar-refractivity contribution in [1.82, 2.24) is 9.62 Å². The number of sulfonamides is 1. The van der Waals surface area contributed by atoms with Crippen molar-refractivity contribution in [2.75, 3.05) is 13.6 Å². The summed E-state index contributed by atoms with van der Waals surface area (Å²) in [4.78, 5) is 1.44. The second-order valence-corrected chi connectivity index (χ2v) is 7.24. The molecule has 98 valence electrons. The summed E-state index contributed by atoms with van der Waals surface area (Å²) in [5, 5.41) is 4.98. The van der Waals surface area contributed by atoms with Crippen LogP contribution in [-0.4, -0.2) is 32.4 Å². The van der Waals surface area contributed by atoms with Crippen LogP contribution in [-0.2, 0) is 16.6 Å². The summed E-state index contributed by atoms with van der Waals surface area (Å²) in [6.07, 6.45) is 0. The first-order valence-corrected chi connectivity index (χ1v) is 7.97. The van der Waals surface area contributed by atoms with Crippen LogP contribution in [0.2, 0.25) is 0 Å². The zero-order valence-corrected chi connectivity index (χ0v) is 12.4. The van der Waals surface area contributed by atoms with Gasteiger partial charge in [0.15, 0.2) is 0 Å². The molecule has 1 heterocycles. The van der Waals surface area contributed by atoms with E-state index in [1.807, 2.05) is 6.92 Å². The van der Waals surface area contributed by atoms with Gasteiger partial charge in [-0.05, 0) is 6.07 Å². The average Bonchev–Trinajstić information content (AvgIpc) is 2.74. The van der Waals surface area contributed by atoms with Crippen LogP contribution in [0.15, 0.2) is 16.3 Å². The number of rotatable bonds is 6. The molecule has 0 atom stereocenters. The number of nitrogens with zero attached hydrogens (tertiary/aromatic N) is 1. The fraction of sp³-hybridized carbons (Fsp3) is 0.636. The second-order valence-electron chi connectivity index (χ2n) is 4.20. The van der Waals surface area contributed by atoms with E-state index >= 15 is 0 Å². The van der Waals surface area contributed by atoms with Crippen molar-refractivity contribution in [3.63, 3.8) is 0 Å². The third-order valence-electron chi connectivity index (χ3n) is 2.47. The molecular weight excluding hydrogens is 256 g/mol. The lowest BCUT2D eigenvalue weighted by Gasteiger charge is -2.13. The molecule has 0 radical (unpaired) electrons. The van der Waals surface area contributed by atoms with Crippen molar-refractivity contribution >= 4 is 21.4 Å². The van der Waals surface area contributed by atoms with E-state index in [4.69, 9.17) is 0 Å². The highest BCUT2D eigenvalue weighted by atomic mass is 32.2. The third kappa shape index (κ3) is 3.77. The van der Waals surface area contributed by atoms with Crippen molar-refractivity contribution in [3.8, 4) is 0 Å². The van der Waals surface area contributed by atoms with E-state index in [0.29, 0.717) is 24.0 Å². The summed E-state index contributed by atoms with van der Waals surface area (Å²) >= 11 is 1.48. The molecule has 1 rings (SSSR count). The van der Waals surface area contributed by atoms with Gasteiger partial charge in [-0.2, -0.15) is 0 Å². The maximum absolute atomic E-state index is 12.0. The Morgan fingerprint density at radius 2 is 2.12 bits per heavy atom. The molecule has 4 nitrogen and oxygen atoms in total. The summed E-state index contributed by atoms with van der Waals surface area (Å²) in [5.74, 6) is 0. The lowest BCUT2D eigenvalue weighted by molar-refractivity contribution is 0.486. The Morgan fingerprint density at radius 1 is 1.47 bits per heavy atom. The Balaban J connectivity index is 2.81. The van der Waals surface area contributed by atoms with Crippen LogP contribution in [0.1, 0.15) is 25.6 Å². The van der Waals surface area contributed by atoms with Gasteiger partial charge in [-0.1, -0.05) is 20.8 Å². The van der Waals surface area contributed by atoms with Gasteiger partial charge >= 0.3 is 0 Å². The third-order valence-corrected chi connectivity index (χ3v) is 5.46. The minimum absolute atomic E-state index is 0.396. The average molecular weight is 276 g/mol. The SMILES string of the molecule is CCN(C)S(=O)(=O)c1csc(CNC(C)C)c1. The predicted molar refractivity (Wildman–Crippen MR) is 71.8 cm³/mol. The minimum Gasteiger partial charge on any atom is -0.310 e. The Bertz CT molecular complexity index is 452. The molecule has 0 unspecified atom stereocenters. The molecule has 0 aliphatic carbocycles. The molecule has 6 heteroatoms. The first kappa shape index (κ1) is 14.6. The molecule has 0 bridgehead atoms. The first-order chi connectivity index (χ1) is 7.87. The zero-order chi connectivity index (χ0) is 13.1. The van der Waals surface area contributed by atoms with Crippen LogP contribution >= 0.6 is 11.3 Å². The molecule has 0 saturated carbocycles. The molecule has 0 amide bonds. The monoisotopic (exact) mass is 276 g/mol. The second kappa shape index (κ2) is 5.95.